The molecular formula is C18H14N6. The highest BCUT2D eigenvalue weighted by Crippen LogP contribution is 2.23. The Kier molecular flexibility index (Phi) is 3.55. The molecule has 4 rings (SSSR count). The van der Waals surface area contributed by atoms with Crippen molar-refractivity contribution in [2.24, 2.45) is 0 Å². The van der Waals surface area contributed by atoms with Crippen molar-refractivity contribution in [3.05, 3.63) is 72.7 Å². The lowest BCUT2D eigenvalue weighted by Crippen LogP contribution is -2.00. The summed E-state index contributed by atoms with van der Waals surface area (Å²) in [4.78, 5) is 10.0. The molecule has 0 N–H and O–H groups in total. The van der Waals surface area contributed by atoms with Crippen molar-refractivity contribution < 1.29 is 0 Å². The Labute approximate surface area is 138 Å². The van der Waals surface area contributed by atoms with E-state index in [-0.39, 0.29) is 0 Å². The Morgan fingerprint density at radius 2 is 1.83 bits per heavy atom. The van der Waals surface area contributed by atoms with Crippen molar-refractivity contribution in [3.8, 4) is 28.3 Å². The fraction of sp³-hybridized carbons (Fsp3) is 0.0556. The van der Waals surface area contributed by atoms with Gasteiger partial charge in [0.05, 0.1) is 6.20 Å². The van der Waals surface area contributed by atoms with Crippen LogP contribution in [0.2, 0.25) is 0 Å². The standard InChI is InChI=1S/C18H14N6/c1-13-6-2-3-7-16(13)14-10-15(12-19-11-14)24-22-18(21-23-24)17-8-4-5-9-20-17/h2-12H,1H3. The molecule has 0 amide bonds. The van der Waals surface area contributed by atoms with E-state index in [2.05, 4.69) is 44.4 Å². The highest BCUT2D eigenvalue weighted by Gasteiger charge is 2.10. The third kappa shape index (κ3) is 2.65. The van der Waals surface area contributed by atoms with Gasteiger partial charge in [0, 0.05) is 18.0 Å². The highest BCUT2D eigenvalue weighted by molar-refractivity contribution is 5.67. The first kappa shape index (κ1) is 14.2. The van der Waals surface area contributed by atoms with E-state index in [4.69, 9.17) is 0 Å². The number of benzene rings is 1. The largest absolute Gasteiger partial charge is 0.262 e. The summed E-state index contributed by atoms with van der Waals surface area (Å²) < 4.78 is 0. The molecule has 0 saturated carbocycles. The van der Waals surface area contributed by atoms with Crippen molar-refractivity contribution in [3.63, 3.8) is 0 Å². The van der Waals surface area contributed by atoms with Crippen molar-refractivity contribution in [1.82, 2.24) is 30.2 Å². The quantitative estimate of drug-likeness (QED) is 0.581. The molecule has 24 heavy (non-hydrogen) atoms. The minimum Gasteiger partial charge on any atom is -0.262 e. The number of hydrogen-bond donors (Lipinski definition) is 0. The van der Waals surface area contributed by atoms with Crippen molar-refractivity contribution in [1.29, 1.82) is 0 Å². The van der Waals surface area contributed by atoms with Crippen LogP contribution in [0.4, 0.5) is 0 Å². The Bertz CT molecular complexity index is 977. The second-order valence-electron chi connectivity index (χ2n) is 5.36. The van der Waals surface area contributed by atoms with Gasteiger partial charge in [0.15, 0.2) is 0 Å². The van der Waals surface area contributed by atoms with Crippen LogP contribution in [-0.4, -0.2) is 30.2 Å². The topological polar surface area (TPSA) is 69.4 Å². The zero-order valence-corrected chi connectivity index (χ0v) is 13.0. The van der Waals surface area contributed by atoms with E-state index in [1.807, 2.05) is 42.6 Å². The molecule has 3 heterocycles. The summed E-state index contributed by atoms with van der Waals surface area (Å²) in [6, 6.07) is 15.8. The molecule has 0 aliphatic rings. The van der Waals surface area contributed by atoms with Crippen molar-refractivity contribution >= 4 is 0 Å². The van der Waals surface area contributed by atoms with Gasteiger partial charge in [-0.2, -0.15) is 0 Å². The summed E-state index contributed by atoms with van der Waals surface area (Å²) in [5, 5.41) is 12.6. The van der Waals surface area contributed by atoms with Crippen molar-refractivity contribution in [2.75, 3.05) is 0 Å². The number of aromatic nitrogens is 6. The Hall–Kier alpha value is -3.41. The average Bonchev–Trinajstić information content (AvgIpc) is 3.13. The van der Waals surface area contributed by atoms with Gasteiger partial charge in [-0.05, 0) is 41.5 Å². The number of nitrogens with zero attached hydrogens (tertiary/aromatic N) is 6. The van der Waals surface area contributed by atoms with Crippen LogP contribution in [0.5, 0.6) is 0 Å². The SMILES string of the molecule is Cc1ccccc1-c1cncc(-n2nnc(-c3ccccn3)n2)c1. The van der Waals surface area contributed by atoms with Crippen molar-refractivity contribution in [2.45, 2.75) is 6.92 Å². The normalized spacial score (nSPS) is 10.7. The van der Waals surface area contributed by atoms with Crippen LogP contribution in [0.3, 0.4) is 0 Å². The molecule has 4 aromatic rings. The van der Waals surface area contributed by atoms with Crippen LogP contribution in [0.15, 0.2) is 67.1 Å². The van der Waals surface area contributed by atoms with Crippen LogP contribution in [0, 0.1) is 6.92 Å². The number of aryl methyl sites for hydroxylation is 1. The molecule has 0 atom stereocenters. The molecule has 0 aliphatic carbocycles. The fourth-order valence-electron chi connectivity index (χ4n) is 2.50. The molecule has 0 unspecified atom stereocenters. The van der Waals surface area contributed by atoms with Crippen LogP contribution in [-0.2, 0) is 0 Å². The fourth-order valence-corrected chi connectivity index (χ4v) is 2.50. The Balaban J connectivity index is 1.72. The number of tetrazole rings is 1. The molecule has 6 heteroatoms. The van der Waals surface area contributed by atoms with Crippen LogP contribution < -0.4 is 0 Å². The molecule has 0 fully saturated rings. The van der Waals surface area contributed by atoms with E-state index in [1.165, 1.54) is 10.4 Å². The first-order valence-electron chi connectivity index (χ1n) is 7.54. The Morgan fingerprint density at radius 1 is 0.958 bits per heavy atom. The van der Waals surface area contributed by atoms with Gasteiger partial charge in [0.1, 0.15) is 11.4 Å². The second-order valence-corrected chi connectivity index (χ2v) is 5.36. The summed E-state index contributed by atoms with van der Waals surface area (Å²) in [5.41, 5.74) is 4.79. The molecule has 1 aromatic carbocycles. The smallest absolute Gasteiger partial charge is 0.223 e. The highest BCUT2D eigenvalue weighted by atomic mass is 15.6. The summed E-state index contributed by atoms with van der Waals surface area (Å²) in [6.45, 7) is 2.08. The zero-order chi connectivity index (χ0) is 16.4. The van der Waals surface area contributed by atoms with Gasteiger partial charge >= 0.3 is 0 Å². The van der Waals surface area contributed by atoms with E-state index < -0.39 is 0 Å². The van der Waals surface area contributed by atoms with Gasteiger partial charge < -0.3 is 0 Å². The molecule has 0 bridgehead atoms. The lowest BCUT2D eigenvalue weighted by Gasteiger charge is -2.06. The molecule has 6 nitrogen and oxygen atoms in total. The summed E-state index contributed by atoms with van der Waals surface area (Å²) >= 11 is 0. The monoisotopic (exact) mass is 314 g/mol. The summed E-state index contributed by atoms with van der Waals surface area (Å²) in [7, 11) is 0. The van der Waals surface area contributed by atoms with Gasteiger partial charge in [-0.25, -0.2) is 0 Å². The van der Waals surface area contributed by atoms with Gasteiger partial charge in [-0.3, -0.25) is 9.97 Å². The molecule has 0 saturated heterocycles. The van der Waals surface area contributed by atoms with E-state index in [9.17, 15) is 0 Å². The maximum Gasteiger partial charge on any atom is 0.223 e. The van der Waals surface area contributed by atoms with E-state index in [1.54, 1.807) is 12.4 Å². The number of hydrogen-bond acceptors (Lipinski definition) is 5. The van der Waals surface area contributed by atoms with Crippen LogP contribution in [0.1, 0.15) is 5.56 Å². The molecule has 0 spiro atoms. The minimum atomic E-state index is 0.483. The first-order valence-corrected chi connectivity index (χ1v) is 7.54. The summed E-state index contributed by atoms with van der Waals surface area (Å²) in [6.07, 6.45) is 5.25. The van der Waals surface area contributed by atoms with E-state index in [0.717, 1.165) is 16.8 Å². The average molecular weight is 314 g/mol. The first-order chi connectivity index (χ1) is 11.8. The minimum absolute atomic E-state index is 0.483. The van der Waals surface area contributed by atoms with Gasteiger partial charge in [-0.15, -0.1) is 15.0 Å². The van der Waals surface area contributed by atoms with Gasteiger partial charge in [0.25, 0.3) is 0 Å². The molecule has 0 aliphatic heterocycles. The van der Waals surface area contributed by atoms with E-state index >= 15 is 0 Å². The third-order valence-electron chi connectivity index (χ3n) is 3.72. The number of pyridine rings is 2. The molecule has 3 aromatic heterocycles. The van der Waals surface area contributed by atoms with Gasteiger partial charge in [-0.1, -0.05) is 30.3 Å². The predicted molar refractivity (Wildman–Crippen MR) is 90.4 cm³/mol. The molecular weight excluding hydrogens is 300 g/mol. The third-order valence-corrected chi connectivity index (χ3v) is 3.72. The maximum absolute atomic E-state index is 4.40. The second kappa shape index (κ2) is 6.00. The van der Waals surface area contributed by atoms with Gasteiger partial charge in [0.2, 0.25) is 5.82 Å². The Morgan fingerprint density at radius 3 is 2.67 bits per heavy atom. The maximum atomic E-state index is 4.40. The number of rotatable bonds is 3. The lowest BCUT2D eigenvalue weighted by molar-refractivity contribution is 0.717. The summed E-state index contributed by atoms with van der Waals surface area (Å²) in [5.74, 6) is 0.483. The molecule has 0 radical (unpaired) electrons. The van der Waals surface area contributed by atoms with E-state index in [0.29, 0.717) is 11.5 Å². The van der Waals surface area contributed by atoms with Crippen LogP contribution in [0.25, 0.3) is 28.3 Å². The predicted octanol–water partition coefficient (Wildman–Crippen LogP) is 3.09. The van der Waals surface area contributed by atoms with Crippen LogP contribution >= 0.6 is 0 Å². The zero-order valence-electron chi connectivity index (χ0n) is 13.0. The molecule has 116 valence electrons. The lowest BCUT2D eigenvalue weighted by atomic mass is 10.0.